The molecule has 15 heavy (non-hydrogen) atoms. The molecule has 0 aromatic rings. The summed E-state index contributed by atoms with van der Waals surface area (Å²) in [6, 6.07) is 0.816. The standard InChI is InChI=1S/C12H23NO2/c1-9-4-3-6-13(10(9)2)11-8-15-7-5-12(11)14/h9-12,14H,3-8H2,1-2H3. The van der Waals surface area contributed by atoms with Crippen LogP contribution in [0.3, 0.4) is 0 Å². The predicted molar refractivity (Wildman–Crippen MR) is 59.8 cm³/mol. The van der Waals surface area contributed by atoms with Crippen LogP contribution in [0.2, 0.25) is 0 Å². The third-order valence-corrected chi connectivity index (χ3v) is 4.14. The molecule has 0 amide bonds. The van der Waals surface area contributed by atoms with Crippen LogP contribution >= 0.6 is 0 Å². The van der Waals surface area contributed by atoms with E-state index >= 15 is 0 Å². The topological polar surface area (TPSA) is 32.7 Å². The molecule has 1 N–H and O–H groups in total. The van der Waals surface area contributed by atoms with Gasteiger partial charge in [-0.15, -0.1) is 0 Å². The highest BCUT2D eigenvalue weighted by Crippen LogP contribution is 2.27. The normalized spacial score (nSPS) is 44.2. The monoisotopic (exact) mass is 213 g/mol. The molecule has 2 fully saturated rings. The second-order valence-corrected chi connectivity index (χ2v) is 5.10. The Morgan fingerprint density at radius 2 is 2.07 bits per heavy atom. The van der Waals surface area contributed by atoms with Crippen molar-refractivity contribution >= 4 is 0 Å². The average Bonchev–Trinajstić information content (AvgIpc) is 2.23. The van der Waals surface area contributed by atoms with E-state index < -0.39 is 0 Å². The molecule has 0 bridgehead atoms. The van der Waals surface area contributed by atoms with Crippen LogP contribution in [0.1, 0.15) is 33.1 Å². The van der Waals surface area contributed by atoms with E-state index in [4.69, 9.17) is 4.74 Å². The lowest BCUT2D eigenvalue weighted by molar-refractivity contribution is -0.0852. The molecular weight excluding hydrogens is 190 g/mol. The van der Waals surface area contributed by atoms with Crippen LogP contribution in [-0.2, 0) is 4.74 Å². The maximum atomic E-state index is 10.0. The maximum Gasteiger partial charge on any atom is 0.0739 e. The molecule has 0 aromatic heterocycles. The van der Waals surface area contributed by atoms with Gasteiger partial charge in [-0.2, -0.15) is 0 Å². The van der Waals surface area contributed by atoms with Crippen LogP contribution in [0.4, 0.5) is 0 Å². The van der Waals surface area contributed by atoms with Crippen molar-refractivity contribution in [3.8, 4) is 0 Å². The summed E-state index contributed by atoms with van der Waals surface area (Å²) in [5, 5.41) is 10.0. The molecule has 0 saturated carbocycles. The molecule has 3 nitrogen and oxygen atoms in total. The lowest BCUT2D eigenvalue weighted by Crippen LogP contribution is -2.56. The van der Waals surface area contributed by atoms with Crippen molar-refractivity contribution in [2.75, 3.05) is 19.8 Å². The molecule has 2 aliphatic rings. The summed E-state index contributed by atoms with van der Waals surface area (Å²) in [7, 11) is 0. The van der Waals surface area contributed by atoms with Crippen LogP contribution < -0.4 is 0 Å². The number of aliphatic hydroxyl groups excluding tert-OH is 1. The highest BCUT2D eigenvalue weighted by atomic mass is 16.5. The van der Waals surface area contributed by atoms with Gasteiger partial charge < -0.3 is 9.84 Å². The van der Waals surface area contributed by atoms with E-state index in [9.17, 15) is 5.11 Å². The Morgan fingerprint density at radius 1 is 1.27 bits per heavy atom. The Labute approximate surface area is 92.4 Å². The SMILES string of the molecule is CC1CCCN(C2COCCC2O)C1C. The van der Waals surface area contributed by atoms with Gasteiger partial charge in [0.1, 0.15) is 0 Å². The van der Waals surface area contributed by atoms with Gasteiger partial charge in [0, 0.05) is 12.6 Å². The number of rotatable bonds is 1. The fourth-order valence-electron chi connectivity index (χ4n) is 2.86. The molecule has 2 saturated heterocycles. The van der Waals surface area contributed by atoms with E-state index in [1.807, 2.05) is 0 Å². The molecule has 2 rings (SSSR count). The van der Waals surface area contributed by atoms with E-state index in [1.54, 1.807) is 0 Å². The van der Waals surface area contributed by atoms with Gasteiger partial charge in [0.25, 0.3) is 0 Å². The van der Waals surface area contributed by atoms with Crippen LogP contribution in [0, 0.1) is 5.92 Å². The van der Waals surface area contributed by atoms with Gasteiger partial charge in [0.05, 0.1) is 18.8 Å². The largest absolute Gasteiger partial charge is 0.391 e. The van der Waals surface area contributed by atoms with Gasteiger partial charge in [-0.25, -0.2) is 0 Å². The fraction of sp³-hybridized carbons (Fsp3) is 1.00. The van der Waals surface area contributed by atoms with E-state index in [1.165, 1.54) is 12.8 Å². The Kier molecular flexibility index (Phi) is 3.65. The van der Waals surface area contributed by atoms with Crippen molar-refractivity contribution < 1.29 is 9.84 Å². The summed E-state index contributed by atoms with van der Waals surface area (Å²) >= 11 is 0. The van der Waals surface area contributed by atoms with Gasteiger partial charge in [0.2, 0.25) is 0 Å². The molecule has 4 unspecified atom stereocenters. The third kappa shape index (κ3) is 2.35. The van der Waals surface area contributed by atoms with E-state index in [-0.39, 0.29) is 12.1 Å². The van der Waals surface area contributed by atoms with Crippen LogP contribution in [0.25, 0.3) is 0 Å². The van der Waals surface area contributed by atoms with E-state index in [0.29, 0.717) is 12.6 Å². The molecule has 4 atom stereocenters. The quantitative estimate of drug-likeness (QED) is 0.711. The number of hydrogen-bond donors (Lipinski definition) is 1. The van der Waals surface area contributed by atoms with Crippen molar-refractivity contribution in [1.29, 1.82) is 0 Å². The smallest absolute Gasteiger partial charge is 0.0739 e. The Bertz CT molecular complexity index is 210. The van der Waals surface area contributed by atoms with E-state index in [2.05, 4.69) is 18.7 Å². The first-order chi connectivity index (χ1) is 7.20. The second kappa shape index (κ2) is 4.81. The number of piperidine rings is 1. The summed E-state index contributed by atoms with van der Waals surface area (Å²) < 4.78 is 5.49. The van der Waals surface area contributed by atoms with Crippen molar-refractivity contribution in [3.05, 3.63) is 0 Å². The summed E-state index contributed by atoms with van der Waals surface area (Å²) in [6.07, 6.45) is 3.18. The first-order valence-corrected chi connectivity index (χ1v) is 6.21. The van der Waals surface area contributed by atoms with Gasteiger partial charge in [-0.3, -0.25) is 4.90 Å². The van der Waals surface area contributed by atoms with Crippen molar-refractivity contribution in [2.24, 2.45) is 5.92 Å². The number of aliphatic hydroxyl groups is 1. The van der Waals surface area contributed by atoms with Gasteiger partial charge in [-0.1, -0.05) is 6.92 Å². The number of likely N-dealkylation sites (tertiary alicyclic amines) is 1. The van der Waals surface area contributed by atoms with Crippen LogP contribution in [-0.4, -0.2) is 48.0 Å². The minimum Gasteiger partial charge on any atom is -0.391 e. The number of hydrogen-bond acceptors (Lipinski definition) is 3. The lowest BCUT2D eigenvalue weighted by Gasteiger charge is -2.45. The highest BCUT2D eigenvalue weighted by Gasteiger charge is 2.35. The molecule has 0 radical (unpaired) electrons. The molecular formula is C12H23NO2. The number of ether oxygens (including phenoxy) is 1. The van der Waals surface area contributed by atoms with Crippen LogP contribution in [0.5, 0.6) is 0 Å². The predicted octanol–water partition coefficient (Wildman–Crippen LogP) is 1.26. The first-order valence-electron chi connectivity index (χ1n) is 6.21. The zero-order valence-corrected chi connectivity index (χ0v) is 9.85. The average molecular weight is 213 g/mol. The van der Waals surface area contributed by atoms with Crippen LogP contribution in [0.15, 0.2) is 0 Å². The van der Waals surface area contributed by atoms with E-state index in [0.717, 1.165) is 25.5 Å². The minimum atomic E-state index is -0.188. The van der Waals surface area contributed by atoms with Crippen molar-refractivity contribution in [1.82, 2.24) is 4.90 Å². The Hall–Kier alpha value is -0.120. The molecule has 0 aromatic carbocycles. The summed E-state index contributed by atoms with van der Waals surface area (Å²) in [5.41, 5.74) is 0. The molecule has 2 aliphatic heterocycles. The van der Waals surface area contributed by atoms with Crippen molar-refractivity contribution in [2.45, 2.75) is 51.3 Å². The number of nitrogens with zero attached hydrogens (tertiary/aromatic N) is 1. The molecule has 0 aliphatic carbocycles. The molecule has 3 heteroatoms. The molecule has 0 spiro atoms. The third-order valence-electron chi connectivity index (χ3n) is 4.14. The van der Waals surface area contributed by atoms with Gasteiger partial charge in [0.15, 0.2) is 0 Å². The molecule has 88 valence electrons. The Balaban J connectivity index is 2.01. The van der Waals surface area contributed by atoms with Gasteiger partial charge in [-0.05, 0) is 38.6 Å². The summed E-state index contributed by atoms with van der Waals surface area (Å²) in [5.74, 6) is 0.743. The summed E-state index contributed by atoms with van der Waals surface area (Å²) in [4.78, 5) is 2.46. The maximum absolute atomic E-state index is 10.0. The fourth-order valence-corrected chi connectivity index (χ4v) is 2.86. The van der Waals surface area contributed by atoms with Gasteiger partial charge >= 0.3 is 0 Å². The first kappa shape index (κ1) is 11.4. The highest BCUT2D eigenvalue weighted by molar-refractivity contribution is 4.89. The zero-order valence-electron chi connectivity index (χ0n) is 9.85. The minimum absolute atomic E-state index is 0.188. The lowest BCUT2D eigenvalue weighted by atomic mass is 9.89. The summed E-state index contributed by atoms with van der Waals surface area (Å²) in [6.45, 7) is 7.14. The van der Waals surface area contributed by atoms with Crippen molar-refractivity contribution in [3.63, 3.8) is 0 Å². The second-order valence-electron chi connectivity index (χ2n) is 5.10. The zero-order chi connectivity index (χ0) is 10.8. The molecule has 2 heterocycles. The Morgan fingerprint density at radius 3 is 2.80 bits per heavy atom.